The minimum Gasteiger partial charge on any atom is -0.338 e. The van der Waals surface area contributed by atoms with Crippen LogP contribution in [-0.4, -0.2) is 31.1 Å². The van der Waals surface area contributed by atoms with Crippen LogP contribution in [0.4, 0.5) is 4.79 Å². The molecule has 0 bridgehead atoms. The summed E-state index contributed by atoms with van der Waals surface area (Å²) in [7, 11) is 1.79. The Morgan fingerprint density at radius 2 is 2.43 bits per heavy atom. The Hall–Kier alpha value is -1.03. The SMILES string of the molecule is CCN(C)C(=O)NCCc1cccs1. The van der Waals surface area contributed by atoms with Crippen molar-refractivity contribution < 1.29 is 4.79 Å². The van der Waals surface area contributed by atoms with Crippen LogP contribution in [0, 0.1) is 0 Å². The number of nitrogens with one attached hydrogen (secondary N) is 1. The average molecular weight is 212 g/mol. The first-order valence-corrected chi connectivity index (χ1v) is 5.63. The van der Waals surface area contributed by atoms with E-state index in [0.717, 1.165) is 13.0 Å². The summed E-state index contributed by atoms with van der Waals surface area (Å²) in [5, 5.41) is 4.92. The van der Waals surface area contributed by atoms with Gasteiger partial charge in [0.2, 0.25) is 0 Å². The maximum absolute atomic E-state index is 11.3. The number of carbonyl (C=O) groups is 1. The molecule has 4 heteroatoms. The number of carbonyl (C=O) groups excluding carboxylic acids is 1. The fourth-order valence-corrected chi connectivity index (χ4v) is 1.74. The predicted molar refractivity (Wildman–Crippen MR) is 59.7 cm³/mol. The average Bonchev–Trinajstić information content (AvgIpc) is 2.69. The summed E-state index contributed by atoms with van der Waals surface area (Å²) in [4.78, 5) is 14.3. The third kappa shape index (κ3) is 3.38. The van der Waals surface area contributed by atoms with Crippen LogP contribution in [0.15, 0.2) is 17.5 Å². The highest BCUT2D eigenvalue weighted by atomic mass is 32.1. The van der Waals surface area contributed by atoms with Gasteiger partial charge >= 0.3 is 6.03 Å². The lowest BCUT2D eigenvalue weighted by Gasteiger charge is -2.14. The van der Waals surface area contributed by atoms with Gasteiger partial charge in [0.05, 0.1) is 0 Å². The molecule has 0 aromatic carbocycles. The smallest absolute Gasteiger partial charge is 0.317 e. The Morgan fingerprint density at radius 3 is 3.00 bits per heavy atom. The van der Waals surface area contributed by atoms with E-state index < -0.39 is 0 Å². The number of urea groups is 1. The molecule has 0 atom stereocenters. The van der Waals surface area contributed by atoms with Crippen LogP contribution in [0.3, 0.4) is 0 Å². The van der Waals surface area contributed by atoms with Crippen molar-refractivity contribution in [3.63, 3.8) is 0 Å². The first-order chi connectivity index (χ1) is 6.74. The van der Waals surface area contributed by atoms with Crippen LogP contribution in [0.2, 0.25) is 0 Å². The molecular weight excluding hydrogens is 196 g/mol. The van der Waals surface area contributed by atoms with Crippen LogP contribution < -0.4 is 5.32 Å². The normalized spacial score (nSPS) is 9.86. The molecule has 0 unspecified atom stereocenters. The maximum Gasteiger partial charge on any atom is 0.317 e. The summed E-state index contributed by atoms with van der Waals surface area (Å²) in [5.74, 6) is 0. The summed E-state index contributed by atoms with van der Waals surface area (Å²) in [6.07, 6.45) is 0.918. The lowest BCUT2D eigenvalue weighted by molar-refractivity contribution is 0.211. The predicted octanol–water partition coefficient (Wildman–Crippen LogP) is 1.95. The Bertz CT molecular complexity index is 272. The molecular formula is C10H16N2OS. The minimum absolute atomic E-state index is 0.00376. The molecule has 14 heavy (non-hydrogen) atoms. The van der Waals surface area contributed by atoms with Gasteiger partial charge in [0.25, 0.3) is 0 Å². The van der Waals surface area contributed by atoms with Crippen LogP contribution >= 0.6 is 11.3 Å². The lowest BCUT2D eigenvalue weighted by Crippen LogP contribution is -2.37. The van der Waals surface area contributed by atoms with Crippen molar-refractivity contribution >= 4 is 17.4 Å². The van der Waals surface area contributed by atoms with E-state index in [-0.39, 0.29) is 6.03 Å². The molecule has 0 aliphatic heterocycles. The van der Waals surface area contributed by atoms with Gasteiger partial charge in [-0.2, -0.15) is 0 Å². The van der Waals surface area contributed by atoms with Gasteiger partial charge in [-0.3, -0.25) is 0 Å². The molecule has 0 spiro atoms. The molecule has 2 amide bonds. The molecule has 0 aliphatic carbocycles. The Labute approximate surface area is 88.7 Å². The van der Waals surface area contributed by atoms with E-state index in [9.17, 15) is 4.79 Å². The van der Waals surface area contributed by atoms with E-state index in [2.05, 4.69) is 16.8 Å². The van der Waals surface area contributed by atoms with Gasteiger partial charge in [0, 0.05) is 25.0 Å². The third-order valence-corrected chi connectivity index (χ3v) is 2.98. The first-order valence-electron chi connectivity index (χ1n) is 4.75. The van der Waals surface area contributed by atoms with Crippen LogP contribution in [0.5, 0.6) is 0 Å². The highest BCUT2D eigenvalue weighted by molar-refractivity contribution is 7.09. The molecule has 3 nitrogen and oxygen atoms in total. The van der Waals surface area contributed by atoms with E-state index in [1.54, 1.807) is 23.3 Å². The van der Waals surface area contributed by atoms with Crippen molar-refractivity contribution in [1.82, 2.24) is 10.2 Å². The van der Waals surface area contributed by atoms with Gasteiger partial charge in [-0.05, 0) is 24.8 Å². The molecule has 0 saturated carbocycles. The van der Waals surface area contributed by atoms with Gasteiger partial charge in [-0.25, -0.2) is 4.79 Å². The topological polar surface area (TPSA) is 32.3 Å². The Kier molecular flexibility index (Phi) is 4.46. The fraction of sp³-hybridized carbons (Fsp3) is 0.500. The first kappa shape index (κ1) is 11.0. The number of hydrogen-bond donors (Lipinski definition) is 1. The molecule has 1 rings (SSSR count). The minimum atomic E-state index is 0.00376. The van der Waals surface area contributed by atoms with Crippen LogP contribution in [0.1, 0.15) is 11.8 Å². The van der Waals surface area contributed by atoms with E-state index in [1.165, 1.54) is 4.88 Å². The van der Waals surface area contributed by atoms with Crippen molar-refractivity contribution in [1.29, 1.82) is 0 Å². The molecule has 0 radical (unpaired) electrons. The summed E-state index contributed by atoms with van der Waals surface area (Å²) in [5.41, 5.74) is 0. The monoisotopic (exact) mass is 212 g/mol. The van der Waals surface area contributed by atoms with Crippen molar-refractivity contribution in [2.24, 2.45) is 0 Å². The van der Waals surface area contributed by atoms with E-state index >= 15 is 0 Å². The quantitative estimate of drug-likeness (QED) is 0.813. The highest BCUT2D eigenvalue weighted by Crippen LogP contribution is 2.07. The zero-order chi connectivity index (χ0) is 10.4. The molecule has 1 heterocycles. The van der Waals surface area contributed by atoms with Gasteiger partial charge < -0.3 is 10.2 Å². The van der Waals surface area contributed by atoms with Crippen molar-refractivity contribution in [2.75, 3.05) is 20.1 Å². The second kappa shape index (κ2) is 5.65. The van der Waals surface area contributed by atoms with E-state index in [0.29, 0.717) is 6.54 Å². The fourth-order valence-electron chi connectivity index (χ4n) is 1.03. The number of nitrogens with zero attached hydrogens (tertiary/aromatic N) is 1. The van der Waals surface area contributed by atoms with Crippen molar-refractivity contribution in [2.45, 2.75) is 13.3 Å². The second-order valence-corrected chi connectivity index (χ2v) is 4.11. The maximum atomic E-state index is 11.3. The summed E-state index contributed by atoms with van der Waals surface area (Å²) < 4.78 is 0. The van der Waals surface area contributed by atoms with E-state index in [1.807, 2.05) is 13.0 Å². The molecule has 0 aliphatic rings. The Morgan fingerprint density at radius 1 is 1.64 bits per heavy atom. The van der Waals surface area contributed by atoms with Crippen LogP contribution in [-0.2, 0) is 6.42 Å². The molecule has 78 valence electrons. The Balaban J connectivity index is 2.18. The zero-order valence-electron chi connectivity index (χ0n) is 8.62. The molecule has 0 saturated heterocycles. The second-order valence-electron chi connectivity index (χ2n) is 3.08. The zero-order valence-corrected chi connectivity index (χ0v) is 9.43. The molecule has 0 fully saturated rings. The summed E-state index contributed by atoms with van der Waals surface area (Å²) in [6.45, 7) is 3.41. The number of rotatable bonds is 4. The van der Waals surface area contributed by atoms with Crippen molar-refractivity contribution in [3.05, 3.63) is 22.4 Å². The molecule has 1 aromatic rings. The van der Waals surface area contributed by atoms with Gasteiger partial charge in [-0.15, -0.1) is 11.3 Å². The van der Waals surface area contributed by atoms with Gasteiger partial charge in [-0.1, -0.05) is 6.07 Å². The van der Waals surface area contributed by atoms with Crippen LogP contribution in [0.25, 0.3) is 0 Å². The van der Waals surface area contributed by atoms with E-state index in [4.69, 9.17) is 0 Å². The third-order valence-electron chi connectivity index (χ3n) is 2.05. The van der Waals surface area contributed by atoms with Gasteiger partial charge in [0.1, 0.15) is 0 Å². The molecule has 1 aromatic heterocycles. The van der Waals surface area contributed by atoms with Crippen molar-refractivity contribution in [3.8, 4) is 0 Å². The summed E-state index contributed by atoms with van der Waals surface area (Å²) in [6, 6.07) is 4.12. The number of hydrogen-bond acceptors (Lipinski definition) is 2. The standard InChI is InChI=1S/C10H16N2OS/c1-3-12(2)10(13)11-7-6-9-5-4-8-14-9/h4-5,8H,3,6-7H2,1-2H3,(H,11,13). The summed E-state index contributed by atoms with van der Waals surface area (Å²) >= 11 is 1.72. The van der Waals surface area contributed by atoms with Gasteiger partial charge in [0.15, 0.2) is 0 Å². The molecule has 1 N–H and O–H groups in total. The lowest BCUT2D eigenvalue weighted by atomic mass is 10.3. The number of amides is 2. The largest absolute Gasteiger partial charge is 0.338 e. The highest BCUT2D eigenvalue weighted by Gasteiger charge is 2.04. The number of thiophene rings is 1.